The number of fused-ring (bicyclic) bond motifs is 2. The molecule has 0 aromatic heterocycles. The van der Waals surface area contributed by atoms with E-state index in [1.807, 2.05) is 49.4 Å². The van der Waals surface area contributed by atoms with Crippen molar-refractivity contribution in [3.05, 3.63) is 162 Å². The van der Waals surface area contributed by atoms with E-state index in [0.717, 1.165) is 50.0 Å². The predicted octanol–water partition coefficient (Wildman–Crippen LogP) is 4.56. The molecule has 12 heteroatoms. The van der Waals surface area contributed by atoms with Gasteiger partial charge in [-0.05, 0) is 155 Å². The van der Waals surface area contributed by atoms with E-state index in [4.69, 9.17) is 20.4 Å². The largest absolute Gasteiger partial charge is 1.00 e. The van der Waals surface area contributed by atoms with Crippen molar-refractivity contribution in [1.29, 1.82) is 0 Å². The summed E-state index contributed by atoms with van der Waals surface area (Å²) in [6.07, 6.45) is 0. The van der Waals surface area contributed by atoms with E-state index >= 15 is 0 Å². The Balaban J connectivity index is 0.000000221. The van der Waals surface area contributed by atoms with E-state index in [1.54, 1.807) is 61.5 Å². The van der Waals surface area contributed by atoms with Gasteiger partial charge >= 0.3 is 0 Å². The number of hydrogen-bond acceptors (Lipinski definition) is 10. The van der Waals surface area contributed by atoms with Gasteiger partial charge in [-0.25, -0.2) is 0 Å². The van der Waals surface area contributed by atoms with E-state index in [0.29, 0.717) is 16.5 Å². The minimum atomic E-state index is -0.294. The van der Waals surface area contributed by atoms with E-state index in [1.165, 1.54) is 31.2 Å². The Hall–Kier alpha value is -7.27. The molecule has 0 saturated carbocycles. The fourth-order valence-electron chi connectivity index (χ4n) is 5.98. The summed E-state index contributed by atoms with van der Waals surface area (Å²) in [6, 6.07) is 40.9. The van der Waals surface area contributed by atoms with Crippen molar-refractivity contribution in [2.24, 2.45) is 0 Å². The summed E-state index contributed by atoms with van der Waals surface area (Å²) in [4.78, 5) is 10.7. The van der Waals surface area contributed by atoms with Crippen molar-refractivity contribution in [2.75, 3.05) is 0 Å². The lowest BCUT2D eigenvalue weighted by Gasteiger charge is -2.07. The second-order valence-corrected chi connectivity index (χ2v) is 13.4. The number of rotatable bonds is 3. The number of phenolic OH excluding ortho intramolecular Hbond substituents is 9. The quantitative estimate of drug-likeness (QED) is 0.0690. The second kappa shape index (κ2) is 20.9. The number of phenols is 9. The van der Waals surface area contributed by atoms with Crippen molar-refractivity contribution >= 4 is 27.3 Å². The maximum absolute atomic E-state index is 10.7. The molecule has 0 radical (unpaired) electrons. The molecule has 0 unspecified atom stereocenters. The average Bonchev–Trinajstić information content (AvgIpc) is 3.18. The first-order chi connectivity index (χ1) is 27.6. The van der Waals surface area contributed by atoms with Crippen molar-refractivity contribution in [3.63, 3.8) is 0 Å². The van der Waals surface area contributed by atoms with Crippen LogP contribution < -0.4 is 24.8 Å². The highest BCUT2D eigenvalue weighted by molar-refractivity contribution is 5.94. The molecule has 0 fully saturated rings. The summed E-state index contributed by atoms with van der Waals surface area (Å²) in [5, 5.41) is 86.7. The van der Waals surface area contributed by atoms with E-state index in [2.05, 4.69) is 18.2 Å². The summed E-state index contributed by atoms with van der Waals surface area (Å²) in [7, 11) is 0. The Morgan fingerprint density at radius 2 is 0.733 bits per heavy atom. The highest BCUT2D eigenvalue weighted by Gasteiger charge is 2.07. The molecule has 60 heavy (non-hydrogen) atoms. The lowest BCUT2D eigenvalue weighted by molar-refractivity contribution is -0.001000. The zero-order valence-electron chi connectivity index (χ0n) is 32.5. The number of aromatic hydroxyl groups is 9. The van der Waals surface area contributed by atoms with Crippen LogP contribution in [0.1, 0.15) is 28.4 Å². The fourth-order valence-corrected chi connectivity index (χ4v) is 5.98. The zero-order chi connectivity index (χ0) is 42.1. The van der Waals surface area contributed by atoms with Crippen LogP contribution in [0.5, 0.6) is 51.7 Å². The molecule has 0 spiro atoms. The number of ketones is 1. The van der Waals surface area contributed by atoms with Gasteiger partial charge in [0.1, 0.15) is 40.2 Å². The Bertz CT molecular complexity index is 2540. The van der Waals surface area contributed by atoms with E-state index in [9.17, 15) is 30.3 Å². The van der Waals surface area contributed by atoms with Crippen LogP contribution in [0.25, 0.3) is 43.8 Å². The third-order valence-corrected chi connectivity index (χ3v) is 9.00. The smallest absolute Gasteiger partial charge is 0.161 e. The lowest BCUT2D eigenvalue weighted by Crippen LogP contribution is -3.00. The molecule has 8 rings (SSSR count). The van der Waals surface area contributed by atoms with Gasteiger partial charge < -0.3 is 70.8 Å². The molecule has 10 nitrogen and oxygen atoms in total. The highest BCUT2D eigenvalue weighted by Crippen LogP contribution is 2.34. The van der Waals surface area contributed by atoms with Gasteiger partial charge in [-0.1, -0.05) is 48.5 Å². The summed E-state index contributed by atoms with van der Waals surface area (Å²) in [5.41, 5.74) is 6.17. The number of benzene rings is 8. The summed E-state index contributed by atoms with van der Waals surface area (Å²) < 4.78 is 0. The maximum Gasteiger partial charge on any atom is 0.161 e. The minimum Gasteiger partial charge on any atom is -1.00 e. The molecule has 0 bridgehead atoms. The van der Waals surface area contributed by atoms with E-state index < -0.39 is 0 Å². The van der Waals surface area contributed by atoms with Gasteiger partial charge in [0.05, 0.1) is 0 Å². The van der Waals surface area contributed by atoms with Gasteiger partial charge in [-0.15, -0.1) is 0 Å². The number of carbonyl (C=O) groups excluding carboxylic acids is 1. The van der Waals surface area contributed by atoms with Crippen molar-refractivity contribution in [1.82, 2.24) is 0 Å². The summed E-state index contributed by atoms with van der Waals surface area (Å²) in [5.74, 6) is 0.541. The predicted molar refractivity (Wildman–Crippen MR) is 226 cm³/mol. The average molecular weight is 850 g/mol. The van der Waals surface area contributed by atoms with Gasteiger partial charge in [0.2, 0.25) is 0 Å². The third-order valence-electron chi connectivity index (χ3n) is 9.00. The third kappa shape index (κ3) is 12.4. The number of halogens is 2. The first kappa shape index (κ1) is 47.1. The maximum atomic E-state index is 10.7. The lowest BCUT2D eigenvalue weighted by atomic mass is 9.99. The van der Waals surface area contributed by atoms with Crippen LogP contribution in [-0.4, -0.2) is 51.7 Å². The molecule has 8 aromatic rings. The molecule has 8 aromatic carbocycles. The SMILES string of the molecule is CC(=O)c1ccc(O)cc1.Cc1cc(O)cc(O)c1O.Cc1cc(O)cc2cc(-c3ccc(O)cc3)ccc12.Oc1ccc(-c2ccc3c(O)cc(O)cc3c2)cc1.[Cl-].[Cl-]. The van der Waals surface area contributed by atoms with Gasteiger partial charge in [0.25, 0.3) is 0 Å². The fraction of sp³-hybridized carbons (Fsp3) is 0.0625. The summed E-state index contributed by atoms with van der Waals surface area (Å²) in [6.45, 7) is 5.07. The molecule has 0 aliphatic carbocycles. The van der Waals surface area contributed by atoms with Crippen LogP contribution in [0.15, 0.2) is 146 Å². The second-order valence-electron chi connectivity index (χ2n) is 13.4. The van der Waals surface area contributed by atoms with E-state index in [-0.39, 0.29) is 82.3 Å². The van der Waals surface area contributed by atoms with Gasteiger partial charge in [-0.3, -0.25) is 4.79 Å². The molecule has 0 heterocycles. The number of carbonyl (C=O) groups is 1. The minimum absolute atomic E-state index is 0. The molecule has 0 aliphatic rings. The van der Waals surface area contributed by atoms with Crippen LogP contribution in [0, 0.1) is 13.8 Å². The van der Waals surface area contributed by atoms with Crippen molar-refractivity contribution in [3.8, 4) is 74.0 Å². The zero-order valence-corrected chi connectivity index (χ0v) is 34.1. The van der Waals surface area contributed by atoms with Gasteiger partial charge in [0, 0.05) is 23.1 Å². The van der Waals surface area contributed by atoms with Crippen molar-refractivity contribution < 1.29 is 75.6 Å². The van der Waals surface area contributed by atoms with Crippen LogP contribution >= 0.6 is 0 Å². The molecular formula is C48H42Cl2O10-2. The first-order valence-corrected chi connectivity index (χ1v) is 17.9. The standard InChI is InChI=1S/C17H14O2.C16H12O3.C8H8O2.C7H8O3.2ClH/c1-11-8-16(19)10-14-9-13(4-7-17(11)14)12-2-5-15(18)6-3-12;17-13-4-1-10(2-5-13)11-3-6-15-12(7-11)8-14(18)9-16(15)19;1-6(9)7-2-4-8(10)5-3-7;1-4-2-5(8)3-6(9)7(4)10;;/h2-10,18-19H,1H3;1-9,17-19H;2-5,10H,1H3;2-3,8-10H,1H3;2*1H/p-2. The number of hydrogen-bond donors (Lipinski definition) is 9. The van der Waals surface area contributed by atoms with Crippen LogP contribution in [0.3, 0.4) is 0 Å². The monoisotopic (exact) mass is 848 g/mol. The Kier molecular flexibility index (Phi) is 16.4. The Morgan fingerprint density at radius 3 is 1.20 bits per heavy atom. The molecule has 9 N–H and O–H groups in total. The van der Waals surface area contributed by atoms with Gasteiger partial charge in [-0.2, -0.15) is 0 Å². The normalized spacial score (nSPS) is 9.98. The first-order valence-electron chi connectivity index (χ1n) is 17.9. The molecule has 0 atom stereocenters. The molecular weight excluding hydrogens is 807 g/mol. The molecule has 0 aliphatic heterocycles. The number of aryl methyl sites for hydroxylation is 2. The Labute approximate surface area is 358 Å². The van der Waals surface area contributed by atoms with Gasteiger partial charge in [0.15, 0.2) is 17.3 Å². The highest BCUT2D eigenvalue weighted by atomic mass is 35.5. The molecule has 0 amide bonds. The number of Topliss-reactive ketones (excluding diaryl/α,β-unsaturated/α-hetero) is 1. The van der Waals surface area contributed by atoms with Crippen molar-refractivity contribution in [2.45, 2.75) is 20.8 Å². The molecule has 310 valence electrons. The van der Waals surface area contributed by atoms with Crippen LogP contribution in [-0.2, 0) is 0 Å². The Morgan fingerprint density at radius 1 is 0.367 bits per heavy atom. The molecule has 0 saturated heterocycles. The summed E-state index contributed by atoms with van der Waals surface area (Å²) >= 11 is 0. The van der Waals surface area contributed by atoms with Crippen LogP contribution in [0.2, 0.25) is 0 Å². The van der Waals surface area contributed by atoms with Crippen LogP contribution in [0.4, 0.5) is 0 Å². The topological polar surface area (TPSA) is 199 Å².